The van der Waals surface area contributed by atoms with E-state index in [0.29, 0.717) is 5.76 Å². The van der Waals surface area contributed by atoms with E-state index in [4.69, 9.17) is 8.83 Å². The molecule has 0 aliphatic heterocycles. The molecule has 2 aromatic heterocycles. The molecule has 0 atom stereocenters. The molecule has 0 radical (unpaired) electrons. The first-order valence-electron chi connectivity index (χ1n) is 7.76. The van der Waals surface area contributed by atoms with Crippen molar-refractivity contribution >= 4 is 28.0 Å². The Morgan fingerprint density at radius 1 is 0.800 bits per heavy atom. The monoisotopic (exact) mass is 330 g/mol. The molecule has 0 saturated carbocycles. The van der Waals surface area contributed by atoms with Crippen molar-refractivity contribution in [3.63, 3.8) is 0 Å². The summed E-state index contributed by atoms with van der Waals surface area (Å²) in [5, 5.41) is 6.48. The Kier molecular flexibility index (Phi) is 3.88. The summed E-state index contributed by atoms with van der Waals surface area (Å²) in [5.74, 6) is 0.221. The van der Waals surface area contributed by atoms with Crippen LogP contribution in [0.4, 0.5) is 5.69 Å². The molecule has 2 aromatic carbocycles. The number of anilines is 1. The van der Waals surface area contributed by atoms with Crippen molar-refractivity contribution in [2.24, 2.45) is 5.10 Å². The number of benzene rings is 2. The van der Waals surface area contributed by atoms with Gasteiger partial charge in [-0.25, -0.2) is 0 Å². The summed E-state index contributed by atoms with van der Waals surface area (Å²) < 4.78 is 10.5. The van der Waals surface area contributed by atoms with E-state index in [0.717, 1.165) is 16.5 Å². The number of furan rings is 2. The zero-order chi connectivity index (χ0) is 17.1. The van der Waals surface area contributed by atoms with Crippen molar-refractivity contribution in [1.29, 1.82) is 0 Å². The summed E-state index contributed by atoms with van der Waals surface area (Å²) in [6.07, 6.45) is 2.94. The highest BCUT2D eigenvalue weighted by molar-refractivity contribution is 6.50. The van der Waals surface area contributed by atoms with Crippen LogP contribution < -0.4 is 5.43 Å². The molecule has 0 spiro atoms. The highest BCUT2D eigenvalue weighted by Gasteiger charge is 2.21. The van der Waals surface area contributed by atoms with Gasteiger partial charge in [0, 0.05) is 0 Å². The Morgan fingerprint density at radius 2 is 1.52 bits per heavy atom. The second-order valence-electron chi connectivity index (χ2n) is 5.42. The molecule has 122 valence electrons. The molecule has 0 bridgehead atoms. The normalized spacial score (nSPS) is 11.6. The molecule has 0 unspecified atom stereocenters. The maximum absolute atomic E-state index is 12.6. The maximum atomic E-state index is 12.6. The van der Waals surface area contributed by atoms with E-state index >= 15 is 0 Å². The van der Waals surface area contributed by atoms with Crippen molar-refractivity contribution < 1.29 is 13.6 Å². The number of hydrogen-bond donors (Lipinski definition) is 1. The summed E-state index contributed by atoms with van der Waals surface area (Å²) in [4.78, 5) is 12.6. The molecular weight excluding hydrogens is 316 g/mol. The molecule has 4 rings (SSSR count). The SMILES string of the molecule is O=C(C(=NNc1ccc2ccccc2c1)c1ccco1)c1ccco1. The van der Waals surface area contributed by atoms with Gasteiger partial charge in [0.15, 0.2) is 17.2 Å². The van der Waals surface area contributed by atoms with Crippen molar-refractivity contribution in [3.05, 3.63) is 90.8 Å². The summed E-state index contributed by atoms with van der Waals surface area (Å²) in [5.41, 5.74) is 3.85. The molecule has 5 nitrogen and oxygen atoms in total. The Balaban J connectivity index is 1.67. The molecular formula is C20H14N2O3. The summed E-state index contributed by atoms with van der Waals surface area (Å²) in [7, 11) is 0. The van der Waals surface area contributed by atoms with Crippen LogP contribution in [0.5, 0.6) is 0 Å². The van der Waals surface area contributed by atoms with Crippen LogP contribution in [0.25, 0.3) is 10.8 Å². The zero-order valence-corrected chi connectivity index (χ0v) is 13.2. The van der Waals surface area contributed by atoms with E-state index in [-0.39, 0.29) is 17.3 Å². The predicted octanol–water partition coefficient (Wildman–Crippen LogP) is 4.72. The van der Waals surface area contributed by atoms with Crippen molar-refractivity contribution in [2.75, 3.05) is 5.43 Å². The number of ketones is 1. The van der Waals surface area contributed by atoms with Crippen LogP contribution in [0.1, 0.15) is 16.3 Å². The van der Waals surface area contributed by atoms with Gasteiger partial charge in [0.25, 0.3) is 5.78 Å². The van der Waals surface area contributed by atoms with Crippen LogP contribution >= 0.6 is 0 Å². The largest absolute Gasteiger partial charge is 0.462 e. The van der Waals surface area contributed by atoms with Crippen LogP contribution in [-0.4, -0.2) is 11.5 Å². The number of carbonyl (C=O) groups is 1. The van der Waals surface area contributed by atoms with Gasteiger partial charge >= 0.3 is 0 Å². The molecule has 0 amide bonds. The number of hydrazone groups is 1. The van der Waals surface area contributed by atoms with Crippen LogP contribution in [0.15, 0.2) is 93.2 Å². The second kappa shape index (κ2) is 6.49. The number of rotatable bonds is 5. The Labute approximate surface area is 143 Å². The minimum absolute atomic E-state index is 0.146. The number of fused-ring (bicyclic) bond motifs is 1. The summed E-state index contributed by atoms with van der Waals surface area (Å²) >= 11 is 0. The standard InChI is InChI=1S/C20H14N2O3/c23-20(18-8-4-12-25-18)19(17-7-3-11-24-17)22-21-16-10-9-14-5-1-2-6-15(14)13-16/h1-13,21H. The summed E-state index contributed by atoms with van der Waals surface area (Å²) in [6.45, 7) is 0. The molecule has 2 heterocycles. The molecule has 5 heteroatoms. The fraction of sp³-hybridized carbons (Fsp3) is 0. The molecule has 0 aliphatic rings. The van der Waals surface area contributed by atoms with Gasteiger partial charge in [-0.1, -0.05) is 30.3 Å². The van der Waals surface area contributed by atoms with E-state index in [1.54, 1.807) is 24.3 Å². The van der Waals surface area contributed by atoms with Crippen LogP contribution in [0, 0.1) is 0 Å². The molecule has 1 N–H and O–H groups in total. The number of nitrogens with zero attached hydrogens (tertiary/aromatic N) is 1. The Hall–Kier alpha value is -3.60. The van der Waals surface area contributed by atoms with Gasteiger partial charge in [-0.05, 0) is 47.2 Å². The second-order valence-corrected chi connectivity index (χ2v) is 5.42. The lowest BCUT2D eigenvalue weighted by atomic mass is 10.1. The lowest BCUT2D eigenvalue weighted by molar-refractivity contribution is 0.104. The third kappa shape index (κ3) is 3.07. The van der Waals surface area contributed by atoms with Gasteiger partial charge < -0.3 is 8.83 Å². The van der Waals surface area contributed by atoms with Gasteiger partial charge in [-0.15, -0.1) is 0 Å². The van der Waals surface area contributed by atoms with E-state index in [1.807, 2.05) is 42.5 Å². The third-order valence-corrected chi connectivity index (χ3v) is 3.76. The average Bonchev–Trinajstić information content (AvgIpc) is 3.35. The van der Waals surface area contributed by atoms with Gasteiger partial charge in [-0.3, -0.25) is 10.2 Å². The van der Waals surface area contributed by atoms with Crippen molar-refractivity contribution in [2.45, 2.75) is 0 Å². The fourth-order valence-corrected chi connectivity index (χ4v) is 2.53. The van der Waals surface area contributed by atoms with Crippen LogP contribution in [0.2, 0.25) is 0 Å². The van der Waals surface area contributed by atoms with Gasteiger partial charge in [0.2, 0.25) is 0 Å². The molecule has 0 saturated heterocycles. The lowest BCUT2D eigenvalue weighted by Crippen LogP contribution is -2.16. The first kappa shape index (κ1) is 15.0. The van der Waals surface area contributed by atoms with E-state index < -0.39 is 0 Å². The fourth-order valence-electron chi connectivity index (χ4n) is 2.53. The van der Waals surface area contributed by atoms with Crippen LogP contribution in [0.3, 0.4) is 0 Å². The molecule has 0 aliphatic carbocycles. The predicted molar refractivity (Wildman–Crippen MR) is 95.9 cm³/mol. The molecule has 0 fully saturated rings. The van der Waals surface area contributed by atoms with Crippen molar-refractivity contribution in [3.8, 4) is 0 Å². The molecule has 25 heavy (non-hydrogen) atoms. The minimum Gasteiger partial charge on any atom is -0.462 e. The smallest absolute Gasteiger partial charge is 0.252 e. The van der Waals surface area contributed by atoms with Gasteiger partial charge in [-0.2, -0.15) is 5.10 Å². The first-order valence-corrected chi connectivity index (χ1v) is 7.76. The first-order chi connectivity index (χ1) is 12.3. The number of nitrogens with one attached hydrogen (secondary N) is 1. The van der Waals surface area contributed by atoms with Gasteiger partial charge in [0.1, 0.15) is 0 Å². The van der Waals surface area contributed by atoms with Gasteiger partial charge in [0.05, 0.1) is 18.2 Å². The topological polar surface area (TPSA) is 67.7 Å². The van der Waals surface area contributed by atoms with E-state index in [9.17, 15) is 4.79 Å². The van der Waals surface area contributed by atoms with E-state index in [2.05, 4.69) is 10.5 Å². The number of carbonyl (C=O) groups excluding carboxylic acids is 1. The highest BCUT2D eigenvalue weighted by Crippen LogP contribution is 2.19. The lowest BCUT2D eigenvalue weighted by Gasteiger charge is -2.05. The minimum atomic E-state index is -0.353. The zero-order valence-electron chi connectivity index (χ0n) is 13.2. The maximum Gasteiger partial charge on any atom is 0.252 e. The third-order valence-electron chi connectivity index (χ3n) is 3.76. The Morgan fingerprint density at radius 3 is 2.24 bits per heavy atom. The quantitative estimate of drug-likeness (QED) is 0.326. The number of Topliss-reactive ketones (excluding diaryl/α,β-unsaturated/α-hetero) is 1. The Bertz CT molecular complexity index is 1030. The van der Waals surface area contributed by atoms with Crippen LogP contribution in [-0.2, 0) is 0 Å². The average molecular weight is 330 g/mol. The van der Waals surface area contributed by atoms with Crippen molar-refractivity contribution in [1.82, 2.24) is 0 Å². The highest BCUT2D eigenvalue weighted by atomic mass is 16.3. The molecule has 4 aromatic rings. The van der Waals surface area contributed by atoms with E-state index in [1.165, 1.54) is 12.5 Å². The summed E-state index contributed by atoms with van der Waals surface area (Å²) in [6, 6.07) is 20.5. The number of hydrogen-bond acceptors (Lipinski definition) is 5.